The Morgan fingerprint density at radius 1 is 0.894 bits per heavy atom. The van der Waals surface area contributed by atoms with E-state index in [1.54, 1.807) is 7.11 Å². The molecule has 1 aromatic rings. The zero-order valence-corrected chi connectivity index (χ0v) is 30.0. The first-order valence-electron chi connectivity index (χ1n) is 18.0. The second kappa shape index (κ2) is 18.2. The minimum absolute atomic E-state index is 0.00786. The van der Waals surface area contributed by atoms with Crippen molar-refractivity contribution in [3.05, 3.63) is 35.9 Å². The number of hydrogen-bond donors (Lipinski definition) is 1. The van der Waals surface area contributed by atoms with Crippen molar-refractivity contribution in [2.45, 2.75) is 155 Å². The topological polar surface area (TPSA) is 103 Å². The first-order valence-corrected chi connectivity index (χ1v) is 19.2. The molecule has 11 heteroatoms. The van der Waals surface area contributed by atoms with Crippen LogP contribution in [0, 0.1) is 0 Å². The Morgan fingerprint density at radius 3 is 2.32 bits per heavy atom. The quantitative estimate of drug-likeness (QED) is 0.0901. The molecule has 5 saturated heterocycles. The van der Waals surface area contributed by atoms with Gasteiger partial charge in [0.05, 0.1) is 74.8 Å². The zero-order valence-electron chi connectivity index (χ0n) is 27.9. The molecule has 5 aliphatic rings. The van der Waals surface area contributed by atoms with E-state index in [4.69, 9.17) is 42.6 Å². The van der Waals surface area contributed by atoms with Crippen molar-refractivity contribution in [3.8, 4) is 0 Å². The van der Waals surface area contributed by atoms with E-state index in [2.05, 4.69) is 34.7 Å². The fraction of sp³-hybridized carbons (Fsp3) is 0.833. The van der Waals surface area contributed by atoms with Gasteiger partial charge in [-0.2, -0.15) is 0 Å². The van der Waals surface area contributed by atoms with Crippen LogP contribution < -0.4 is 0 Å². The number of benzene rings is 1. The molecule has 2 unspecified atom stereocenters. The van der Waals surface area contributed by atoms with Gasteiger partial charge >= 0.3 is 0 Å². The summed E-state index contributed by atoms with van der Waals surface area (Å²) in [7, 11) is 1.63. The Bertz CT molecular complexity index is 1040. The van der Waals surface area contributed by atoms with Crippen LogP contribution in [0.25, 0.3) is 0 Å². The first-order chi connectivity index (χ1) is 23.0. The second-order valence-corrected chi connectivity index (χ2v) is 15.4. The number of aliphatic hydroxyl groups excluding tert-OH is 1. The first kappa shape index (κ1) is 36.3. The molecule has 5 fully saturated rings. The number of methoxy groups -OCH3 is 1. The van der Waals surface area contributed by atoms with Gasteiger partial charge in [-0.3, -0.25) is 0 Å². The van der Waals surface area contributed by atoms with Crippen LogP contribution in [-0.2, 0) is 49.2 Å². The predicted molar refractivity (Wildman–Crippen MR) is 182 cm³/mol. The summed E-state index contributed by atoms with van der Waals surface area (Å²) in [5.74, 6) is -0.852. The third kappa shape index (κ3) is 10.3. The minimum atomic E-state index is -0.852. The molecular formula is C36H55IO10. The molecule has 10 atom stereocenters. The third-order valence-corrected chi connectivity index (χ3v) is 11.6. The van der Waals surface area contributed by atoms with E-state index < -0.39 is 12.1 Å². The molecule has 5 heterocycles. The summed E-state index contributed by atoms with van der Waals surface area (Å²) >= 11 is 2.52. The van der Waals surface area contributed by atoms with E-state index in [1.807, 2.05) is 18.2 Å². The van der Waals surface area contributed by atoms with Gasteiger partial charge in [0.15, 0.2) is 0 Å². The molecule has 0 aliphatic carbocycles. The third-order valence-electron chi connectivity index (χ3n) is 10.3. The summed E-state index contributed by atoms with van der Waals surface area (Å²) in [6.45, 7) is 2.71. The fourth-order valence-electron chi connectivity index (χ4n) is 7.86. The lowest BCUT2D eigenvalue weighted by Gasteiger charge is -2.38. The Balaban J connectivity index is 0.900. The van der Waals surface area contributed by atoms with Crippen LogP contribution in [-0.4, -0.2) is 104 Å². The summed E-state index contributed by atoms with van der Waals surface area (Å²) < 4.78 is 55.2. The van der Waals surface area contributed by atoms with Crippen LogP contribution in [0.15, 0.2) is 30.3 Å². The molecule has 0 amide bonds. The summed E-state index contributed by atoms with van der Waals surface area (Å²) in [6, 6.07) is 10.2. The highest BCUT2D eigenvalue weighted by Gasteiger charge is 2.49. The molecule has 1 aromatic carbocycles. The van der Waals surface area contributed by atoms with Gasteiger partial charge in [0.25, 0.3) is 5.97 Å². The summed E-state index contributed by atoms with van der Waals surface area (Å²) in [6.07, 6.45) is 11.4. The van der Waals surface area contributed by atoms with Crippen molar-refractivity contribution >= 4 is 22.6 Å². The maximum atomic E-state index is 10.8. The van der Waals surface area contributed by atoms with E-state index >= 15 is 0 Å². The van der Waals surface area contributed by atoms with E-state index in [1.165, 1.54) is 5.56 Å². The molecule has 5 aliphatic heterocycles. The lowest BCUT2D eigenvalue weighted by molar-refractivity contribution is -0.373. The maximum absolute atomic E-state index is 10.8. The van der Waals surface area contributed by atoms with Crippen molar-refractivity contribution in [1.82, 2.24) is 0 Å². The molecule has 0 saturated carbocycles. The number of unbranched alkanes of at least 4 members (excludes halogenated alkanes) is 1. The average molecular weight is 775 g/mol. The maximum Gasteiger partial charge on any atom is 0.283 e. The normalized spacial score (nSPS) is 35.1. The van der Waals surface area contributed by atoms with Crippen LogP contribution in [0.2, 0.25) is 0 Å². The average Bonchev–Trinajstić information content (AvgIpc) is 3.90. The molecule has 0 radical (unpaired) electrons. The summed E-state index contributed by atoms with van der Waals surface area (Å²) in [5, 5.41) is 10.8. The van der Waals surface area contributed by atoms with Gasteiger partial charge in [0, 0.05) is 30.5 Å². The lowest BCUT2D eigenvalue weighted by atomic mass is 9.99. The molecule has 10 nitrogen and oxygen atoms in total. The molecule has 1 N–H and O–H groups in total. The molecule has 0 bridgehead atoms. The molecule has 47 heavy (non-hydrogen) atoms. The largest absolute Gasteiger partial charge is 0.393 e. The van der Waals surface area contributed by atoms with Crippen molar-refractivity contribution in [1.29, 1.82) is 0 Å². The van der Waals surface area contributed by atoms with Gasteiger partial charge in [0.2, 0.25) is 0 Å². The van der Waals surface area contributed by atoms with E-state index in [-0.39, 0.29) is 55.6 Å². The fourth-order valence-corrected chi connectivity index (χ4v) is 8.82. The second-order valence-electron chi connectivity index (χ2n) is 13.8. The van der Waals surface area contributed by atoms with Crippen molar-refractivity contribution < 1.29 is 47.7 Å². The number of halogens is 1. The molecule has 266 valence electrons. The van der Waals surface area contributed by atoms with Crippen LogP contribution >= 0.6 is 22.6 Å². The van der Waals surface area contributed by atoms with Gasteiger partial charge in [0.1, 0.15) is 6.79 Å². The van der Waals surface area contributed by atoms with Gasteiger partial charge in [-0.05, 0) is 76.2 Å². The van der Waals surface area contributed by atoms with Crippen LogP contribution in [0.1, 0.15) is 89.0 Å². The van der Waals surface area contributed by atoms with Gasteiger partial charge < -0.3 is 47.7 Å². The lowest BCUT2D eigenvalue weighted by Crippen LogP contribution is -2.46. The molecule has 1 spiro atoms. The number of ether oxygens (including phenoxy) is 9. The minimum Gasteiger partial charge on any atom is -0.393 e. The van der Waals surface area contributed by atoms with Crippen molar-refractivity contribution in [2.75, 3.05) is 33.7 Å². The van der Waals surface area contributed by atoms with Gasteiger partial charge in [-0.25, -0.2) is 0 Å². The highest BCUT2D eigenvalue weighted by molar-refractivity contribution is 14.1. The van der Waals surface area contributed by atoms with Gasteiger partial charge in [-0.15, -0.1) is 0 Å². The molecule has 6 rings (SSSR count). The Hall–Kier alpha value is -0.450. The van der Waals surface area contributed by atoms with Crippen LogP contribution in [0.4, 0.5) is 0 Å². The standard InChI is InChI=1S/C36H55IO10/c1-39-24-41-27(20-26(38)10-5-6-17-40-23-25-8-3-2-4-9-25)21-34-28(37)22-35(46-34)32-15-13-30(45-32)29-12-14-31(44-29)33-11-7-16-36(47-33)42-18-19-43-36/h2-4,8-9,26-35,38H,5-7,10-24H2,1H3/t26-,27-,28?,29+,30-,31+,32+,33-,34?,35-/m0/s1. The van der Waals surface area contributed by atoms with Crippen LogP contribution in [0.5, 0.6) is 0 Å². The van der Waals surface area contributed by atoms with Crippen molar-refractivity contribution in [2.24, 2.45) is 0 Å². The number of hydrogen-bond acceptors (Lipinski definition) is 10. The van der Waals surface area contributed by atoms with E-state index in [9.17, 15) is 5.11 Å². The predicted octanol–water partition coefficient (Wildman–Crippen LogP) is 5.83. The van der Waals surface area contributed by atoms with Crippen molar-refractivity contribution in [3.63, 3.8) is 0 Å². The van der Waals surface area contributed by atoms with Gasteiger partial charge in [-0.1, -0.05) is 52.9 Å². The van der Waals surface area contributed by atoms with E-state index in [0.717, 1.165) is 77.0 Å². The SMILES string of the molecule is COCO[C@H](CC1O[C@H]([C@H]2CC[C@@H]([C@H]3CC[C@H]([C@@H]4CCCC5(OCCO5)O4)O3)O2)CC1I)C[C@@H](O)CCCCOCc1ccccc1. The Labute approximate surface area is 293 Å². The monoisotopic (exact) mass is 774 g/mol. The number of aliphatic hydroxyl groups is 1. The van der Waals surface area contributed by atoms with E-state index in [0.29, 0.717) is 36.8 Å². The summed E-state index contributed by atoms with van der Waals surface area (Å²) in [5.41, 5.74) is 1.18. The highest BCUT2D eigenvalue weighted by Crippen LogP contribution is 2.42. The zero-order chi connectivity index (χ0) is 32.5. The Kier molecular flexibility index (Phi) is 14.0. The van der Waals surface area contributed by atoms with Crippen LogP contribution in [0.3, 0.4) is 0 Å². The Morgan fingerprint density at radius 2 is 1.60 bits per heavy atom. The molecule has 0 aromatic heterocycles. The number of rotatable bonds is 17. The highest BCUT2D eigenvalue weighted by atomic mass is 127. The summed E-state index contributed by atoms with van der Waals surface area (Å²) in [4.78, 5) is 0. The number of alkyl halides is 1. The smallest absolute Gasteiger partial charge is 0.283 e. The molecular weight excluding hydrogens is 719 g/mol.